The Morgan fingerprint density at radius 3 is 1.96 bits per heavy atom. The van der Waals surface area contributed by atoms with Crippen LogP contribution in [0.4, 0.5) is 4.79 Å². The molecule has 0 aliphatic heterocycles. The first-order valence-electron chi connectivity index (χ1n) is 8.80. The van der Waals surface area contributed by atoms with Crippen LogP contribution in [0.3, 0.4) is 0 Å². The zero-order valence-electron chi connectivity index (χ0n) is 16.4. The van der Waals surface area contributed by atoms with Gasteiger partial charge < -0.3 is 9.64 Å². The van der Waals surface area contributed by atoms with Crippen molar-refractivity contribution in [3.05, 3.63) is 48.2 Å². The van der Waals surface area contributed by atoms with E-state index < -0.39 is 17.4 Å². The molecule has 138 valence electrons. The van der Waals surface area contributed by atoms with Crippen molar-refractivity contribution in [3.63, 3.8) is 0 Å². The van der Waals surface area contributed by atoms with E-state index in [1.54, 1.807) is 11.0 Å². The van der Waals surface area contributed by atoms with Gasteiger partial charge in [-0.05, 0) is 39.3 Å². The van der Waals surface area contributed by atoms with Gasteiger partial charge in [-0.25, -0.2) is 4.79 Å². The highest BCUT2D eigenvalue weighted by molar-refractivity contribution is 5.91. The maximum Gasteiger partial charge on any atom is 0.415 e. The molecule has 0 heterocycles. The van der Waals surface area contributed by atoms with Gasteiger partial charge in [0.25, 0.3) is 0 Å². The number of Topliss-reactive ketones (excluding diaryl/α,β-unsaturated/α-hetero) is 1. The van der Waals surface area contributed by atoms with Crippen LogP contribution in [-0.2, 0) is 9.53 Å². The number of carbonyl (C=O) groups excluding carboxylic acids is 2. The predicted octanol–water partition coefficient (Wildman–Crippen LogP) is 5.15. The standard InChI is InChI=1S/C21H31NO3/c1-15(2)22(16(3)4)20(24)25-14-13-18(19(23)21(5,6)7)17-11-9-8-10-12-17/h8-16,18H,1-7H3/b14-13-/t18-/m1/s1. The lowest BCUT2D eigenvalue weighted by atomic mass is 9.80. The molecule has 0 N–H and O–H groups in total. The second kappa shape index (κ2) is 8.84. The lowest BCUT2D eigenvalue weighted by Gasteiger charge is -2.29. The second-order valence-electron chi connectivity index (χ2n) is 7.81. The number of nitrogens with zero attached hydrogens (tertiary/aromatic N) is 1. The number of amides is 1. The zero-order valence-corrected chi connectivity index (χ0v) is 16.4. The van der Waals surface area contributed by atoms with Gasteiger partial charge >= 0.3 is 6.09 Å². The molecule has 0 bridgehead atoms. The summed E-state index contributed by atoms with van der Waals surface area (Å²) in [6, 6.07) is 9.62. The quantitative estimate of drug-likeness (QED) is 0.669. The van der Waals surface area contributed by atoms with Crippen LogP contribution in [0.5, 0.6) is 0 Å². The summed E-state index contributed by atoms with van der Waals surface area (Å²) >= 11 is 0. The summed E-state index contributed by atoms with van der Waals surface area (Å²) in [7, 11) is 0. The molecule has 0 aliphatic rings. The molecule has 0 saturated heterocycles. The molecule has 4 heteroatoms. The minimum atomic E-state index is -0.489. The molecule has 1 atom stereocenters. The van der Waals surface area contributed by atoms with Gasteiger partial charge in [0.05, 0.1) is 12.2 Å². The highest BCUT2D eigenvalue weighted by atomic mass is 16.5. The van der Waals surface area contributed by atoms with E-state index in [0.29, 0.717) is 0 Å². The van der Waals surface area contributed by atoms with Crippen LogP contribution >= 0.6 is 0 Å². The summed E-state index contributed by atoms with van der Waals surface area (Å²) in [5.74, 6) is -0.365. The SMILES string of the molecule is CC(C)N(C(=O)O/C=C\[C@@H](C(=O)C(C)(C)C)c1ccccc1)C(C)C. The Kier molecular flexibility index (Phi) is 7.40. The number of allylic oxidation sites excluding steroid dienone is 1. The Bertz CT molecular complexity index is 589. The summed E-state index contributed by atoms with van der Waals surface area (Å²) < 4.78 is 5.30. The van der Waals surface area contributed by atoms with E-state index in [4.69, 9.17) is 4.74 Å². The van der Waals surface area contributed by atoms with Crippen molar-refractivity contribution in [2.45, 2.75) is 66.5 Å². The first-order chi connectivity index (χ1) is 11.6. The van der Waals surface area contributed by atoms with Crippen LogP contribution in [0.25, 0.3) is 0 Å². The summed E-state index contributed by atoms with van der Waals surface area (Å²) in [6.07, 6.45) is 2.61. The van der Waals surface area contributed by atoms with Crippen LogP contribution in [0.2, 0.25) is 0 Å². The molecular formula is C21H31NO3. The largest absolute Gasteiger partial charge is 0.418 e. The first-order valence-corrected chi connectivity index (χ1v) is 8.80. The van der Waals surface area contributed by atoms with Gasteiger partial charge in [0, 0.05) is 17.5 Å². The molecule has 0 radical (unpaired) electrons. The normalized spacial score (nSPS) is 13.3. The maximum absolute atomic E-state index is 12.8. The molecule has 1 aromatic rings. The minimum Gasteiger partial charge on any atom is -0.418 e. The van der Waals surface area contributed by atoms with Crippen molar-refractivity contribution >= 4 is 11.9 Å². The topological polar surface area (TPSA) is 46.6 Å². The Balaban J connectivity index is 2.97. The molecule has 4 nitrogen and oxygen atoms in total. The van der Waals surface area contributed by atoms with Crippen molar-refractivity contribution in [2.75, 3.05) is 0 Å². The van der Waals surface area contributed by atoms with E-state index >= 15 is 0 Å². The molecule has 1 amide bonds. The Hall–Kier alpha value is -2.10. The Morgan fingerprint density at radius 2 is 1.52 bits per heavy atom. The van der Waals surface area contributed by atoms with E-state index in [1.807, 2.05) is 78.8 Å². The molecule has 25 heavy (non-hydrogen) atoms. The average Bonchev–Trinajstić information content (AvgIpc) is 2.50. The second-order valence-corrected chi connectivity index (χ2v) is 7.81. The number of carbonyl (C=O) groups is 2. The third-order valence-electron chi connectivity index (χ3n) is 3.94. The predicted molar refractivity (Wildman–Crippen MR) is 101 cm³/mol. The number of benzene rings is 1. The van der Waals surface area contributed by atoms with Gasteiger partial charge in [-0.2, -0.15) is 0 Å². The molecule has 0 saturated carbocycles. The van der Waals surface area contributed by atoms with Crippen molar-refractivity contribution in [1.29, 1.82) is 0 Å². The highest BCUT2D eigenvalue weighted by Crippen LogP contribution is 2.28. The number of rotatable bonds is 6. The van der Waals surface area contributed by atoms with Gasteiger partial charge in [0.1, 0.15) is 5.78 Å². The lowest BCUT2D eigenvalue weighted by Crippen LogP contribution is -2.41. The van der Waals surface area contributed by atoms with E-state index in [1.165, 1.54) is 6.26 Å². The molecule has 1 rings (SSSR count). The van der Waals surface area contributed by atoms with Crippen molar-refractivity contribution in [3.8, 4) is 0 Å². The fourth-order valence-electron chi connectivity index (χ4n) is 2.73. The monoisotopic (exact) mass is 345 g/mol. The number of hydrogen-bond donors (Lipinski definition) is 0. The number of ether oxygens (including phenoxy) is 1. The van der Waals surface area contributed by atoms with Crippen LogP contribution in [0.15, 0.2) is 42.7 Å². The van der Waals surface area contributed by atoms with Crippen LogP contribution < -0.4 is 0 Å². The smallest absolute Gasteiger partial charge is 0.415 e. The fraction of sp³-hybridized carbons (Fsp3) is 0.524. The lowest BCUT2D eigenvalue weighted by molar-refractivity contribution is -0.126. The first kappa shape index (κ1) is 20.9. The van der Waals surface area contributed by atoms with Crippen molar-refractivity contribution in [1.82, 2.24) is 4.90 Å². The maximum atomic E-state index is 12.8. The number of hydrogen-bond acceptors (Lipinski definition) is 3. The third kappa shape index (κ3) is 6.04. The highest BCUT2D eigenvalue weighted by Gasteiger charge is 2.29. The van der Waals surface area contributed by atoms with Crippen LogP contribution in [-0.4, -0.2) is 28.9 Å². The van der Waals surface area contributed by atoms with Gasteiger partial charge in [0.15, 0.2) is 0 Å². The molecule has 0 fully saturated rings. The van der Waals surface area contributed by atoms with E-state index in [0.717, 1.165) is 5.56 Å². The average molecular weight is 345 g/mol. The van der Waals surface area contributed by atoms with Gasteiger partial charge in [-0.1, -0.05) is 51.1 Å². The van der Waals surface area contributed by atoms with Gasteiger partial charge in [0.2, 0.25) is 0 Å². The molecule has 0 unspecified atom stereocenters. The summed E-state index contributed by atoms with van der Waals surface area (Å²) in [5.41, 5.74) is 0.399. The molecular weight excluding hydrogens is 314 g/mol. The van der Waals surface area contributed by atoms with Gasteiger partial charge in [-0.15, -0.1) is 0 Å². The zero-order chi connectivity index (χ0) is 19.2. The summed E-state index contributed by atoms with van der Waals surface area (Å²) in [6.45, 7) is 13.5. The van der Waals surface area contributed by atoms with E-state index in [-0.39, 0.29) is 17.9 Å². The molecule has 0 aliphatic carbocycles. The minimum absolute atomic E-state index is 0.0435. The third-order valence-corrected chi connectivity index (χ3v) is 3.94. The fourth-order valence-corrected chi connectivity index (χ4v) is 2.73. The van der Waals surface area contributed by atoms with Crippen molar-refractivity contribution < 1.29 is 14.3 Å². The molecule has 0 spiro atoms. The summed E-state index contributed by atoms with van der Waals surface area (Å²) in [4.78, 5) is 26.7. The Labute approximate surface area is 151 Å². The summed E-state index contributed by atoms with van der Waals surface area (Å²) in [5, 5.41) is 0. The number of ketones is 1. The Morgan fingerprint density at radius 1 is 1.00 bits per heavy atom. The van der Waals surface area contributed by atoms with Gasteiger partial charge in [-0.3, -0.25) is 4.79 Å². The molecule has 0 aromatic heterocycles. The van der Waals surface area contributed by atoms with Crippen LogP contribution in [0, 0.1) is 5.41 Å². The van der Waals surface area contributed by atoms with E-state index in [2.05, 4.69) is 0 Å². The van der Waals surface area contributed by atoms with E-state index in [9.17, 15) is 9.59 Å². The molecule has 1 aromatic carbocycles. The van der Waals surface area contributed by atoms with Crippen LogP contribution in [0.1, 0.15) is 59.9 Å². The van der Waals surface area contributed by atoms with Crippen molar-refractivity contribution in [2.24, 2.45) is 5.41 Å².